The summed E-state index contributed by atoms with van der Waals surface area (Å²) in [6.45, 7) is 5.25. The molecule has 0 spiro atoms. The van der Waals surface area contributed by atoms with E-state index in [4.69, 9.17) is 9.15 Å². The van der Waals surface area contributed by atoms with Crippen LogP contribution in [0.15, 0.2) is 39.6 Å². The van der Waals surface area contributed by atoms with Crippen LogP contribution in [-0.4, -0.2) is 33.4 Å². The maximum atomic E-state index is 12.6. The second kappa shape index (κ2) is 8.14. The molecule has 0 saturated carbocycles. The number of aryl methyl sites for hydroxylation is 1. The van der Waals surface area contributed by atoms with Crippen molar-refractivity contribution in [1.82, 2.24) is 14.9 Å². The fourth-order valence-electron chi connectivity index (χ4n) is 3.42. The first kappa shape index (κ1) is 18.7. The SMILES string of the molecule is Cc1oc(-c2ccc(OCc3cscn3)cc2)nc1CC(=O)N1CCC[C@H]1C. The third kappa shape index (κ3) is 4.09. The fraction of sp³-hybridized carbons (Fsp3) is 0.381. The van der Waals surface area contributed by atoms with Crippen LogP contribution in [0.5, 0.6) is 5.75 Å². The number of amides is 1. The summed E-state index contributed by atoms with van der Waals surface area (Å²) in [5.74, 6) is 2.11. The van der Waals surface area contributed by atoms with E-state index in [0.29, 0.717) is 30.0 Å². The Hall–Kier alpha value is -2.67. The molecule has 2 aromatic heterocycles. The highest BCUT2D eigenvalue weighted by molar-refractivity contribution is 7.07. The van der Waals surface area contributed by atoms with Crippen LogP contribution in [0.4, 0.5) is 0 Å². The molecule has 1 aromatic carbocycles. The third-order valence-electron chi connectivity index (χ3n) is 5.06. The lowest BCUT2D eigenvalue weighted by atomic mass is 10.2. The van der Waals surface area contributed by atoms with Gasteiger partial charge in [-0.25, -0.2) is 9.97 Å². The standard InChI is InChI=1S/C21H23N3O3S/c1-14-4-3-9-24(14)20(25)10-19-15(2)27-21(23-19)16-5-7-18(8-6-16)26-11-17-12-28-13-22-17/h5-8,12-14H,3-4,9-11H2,1-2H3/t14-/m1/s1. The summed E-state index contributed by atoms with van der Waals surface area (Å²) in [5.41, 5.74) is 4.28. The minimum atomic E-state index is 0.124. The Bertz CT molecular complexity index is 934. The van der Waals surface area contributed by atoms with Crippen molar-refractivity contribution in [2.24, 2.45) is 0 Å². The Morgan fingerprint density at radius 2 is 2.18 bits per heavy atom. The highest BCUT2D eigenvalue weighted by Gasteiger charge is 2.26. The van der Waals surface area contributed by atoms with Gasteiger partial charge in [0, 0.05) is 23.5 Å². The first-order valence-electron chi connectivity index (χ1n) is 9.46. The van der Waals surface area contributed by atoms with Crippen molar-refractivity contribution in [3.8, 4) is 17.2 Å². The largest absolute Gasteiger partial charge is 0.487 e. The molecule has 1 aliphatic rings. The number of nitrogens with zero attached hydrogens (tertiary/aromatic N) is 3. The van der Waals surface area contributed by atoms with Crippen LogP contribution in [0.3, 0.4) is 0 Å². The second-order valence-electron chi connectivity index (χ2n) is 7.07. The van der Waals surface area contributed by atoms with Crippen LogP contribution >= 0.6 is 11.3 Å². The fourth-order valence-corrected chi connectivity index (χ4v) is 3.97. The molecule has 0 aliphatic carbocycles. The first-order valence-corrected chi connectivity index (χ1v) is 10.4. The smallest absolute Gasteiger partial charge is 0.228 e. The average Bonchev–Trinajstić information content (AvgIpc) is 3.43. The molecule has 3 heterocycles. The van der Waals surface area contributed by atoms with Crippen LogP contribution in [-0.2, 0) is 17.8 Å². The van der Waals surface area contributed by atoms with E-state index in [1.54, 1.807) is 16.8 Å². The lowest BCUT2D eigenvalue weighted by Gasteiger charge is -2.20. The van der Waals surface area contributed by atoms with Crippen LogP contribution in [0.1, 0.15) is 36.9 Å². The molecular formula is C21H23N3O3S. The molecule has 6 nitrogen and oxygen atoms in total. The van der Waals surface area contributed by atoms with E-state index in [1.807, 2.05) is 41.5 Å². The average molecular weight is 398 g/mol. The maximum absolute atomic E-state index is 12.6. The molecule has 1 atom stereocenters. The molecule has 1 fully saturated rings. The van der Waals surface area contributed by atoms with Gasteiger partial charge in [-0.2, -0.15) is 0 Å². The predicted octanol–water partition coefficient (Wildman–Crippen LogP) is 4.24. The number of carbonyl (C=O) groups excluding carboxylic acids is 1. The quantitative estimate of drug-likeness (QED) is 0.622. The summed E-state index contributed by atoms with van der Waals surface area (Å²) in [6, 6.07) is 7.91. The topological polar surface area (TPSA) is 68.5 Å². The van der Waals surface area contributed by atoms with Gasteiger partial charge in [0.15, 0.2) is 0 Å². The Labute approximate surface area is 168 Å². The van der Waals surface area contributed by atoms with Gasteiger partial charge < -0.3 is 14.1 Å². The number of oxazole rings is 1. The number of ether oxygens (including phenoxy) is 1. The first-order chi connectivity index (χ1) is 13.6. The van der Waals surface area contributed by atoms with Crippen molar-refractivity contribution >= 4 is 17.2 Å². The Balaban J connectivity index is 1.41. The highest BCUT2D eigenvalue weighted by Crippen LogP contribution is 2.26. The summed E-state index contributed by atoms with van der Waals surface area (Å²) in [4.78, 5) is 23.3. The lowest BCUT2D eigenvalue weighted by molar-refractivity contribution is -0.131. The number of hydrogen-bond acceptors (Lipinski definition) is 6. The highest BCUT2D eigenvalue weighted by atomic mass is 32.1. The van der Waals surface area contributed by atoms with Crippen LogP contribution in [0, 0.1) is 6.92 Å². The zero-order chi connectivity index (χ0) is 19.5. The van der Waals surface area contributed by atoms with Crippen molar-refractivity contribution in [3.05, 3.63) is 52.3 Å². The monoisotopic (exact) mass is 397 g/mol. The van der Waals surface area contributed by atoms with Crippen molar-refractivity contribution in [3.63, 3.8) is 0 Å². The molecule has 0 unspecified atom stereocenters. The van der Waals surface area contributed by atoms with Gasteiger partial charge in [-0.05, 0) is 51.0 Å². The molecular weight excluding hydrogens is 374 g/mol. The summed E-state index contributed by atoms with van der Waals surface area (Å²) in [5, 5.41) is 1.97. The van der Waals surface area contributed by atoms with E-state index >= 15 is 0 Å². The molecule has 146 valence electrons. The van der Waals surface area contributed by atoms with E-state index in [-0.39, 0.29) is 12.3 Å². The van der Waals surface area contributed by atoms with Crippen molar-refractivity contribution in [2.75, 3.05) is 6.54 Å². The number of benzene rings is 1. The van der Waals surface area contributed by atoms with Crippen molar-refractivity contribution in [1.29, 1.82) is 0 Å². The summed E-state index contributed by atoms with van der Waals surface area (Å²) < 4.78 is 11.6. The summed E-state index contributed by atoms with van der Waals surface area (Å²) >= 11 is 1.55. The van der Waals surface area contributed by atoms with Gasteiger partial charge in [-0.1, -0.05) is 0 Å². The molecule has 1 aliphatic heterocycles. The molecule has 7 heteroatoms. The molecule has 0 N–H and O–H groups in total. The lowest BCUT2D eigenvalue weighted by Crippen LogP contribution is -2.34. The molecule has 0 bridgehead atoms. The molecule has 1 amide bonds. The normalized spacial score (nSPS) is 16.5. The van der Waals surface area contributed by atoms with Gasteiger partial charge in [0.2, 0.25) is 11.8 Å². The zero-order valence-electron chi connectivity index (χ0n) is 16.1. The number of likely N-dealkylation sites (tertiary alicyclic amines) is 1. The van der Waals surface area contributed by atoms with Gasteiger partial charge in [0.1, 0.15) is 18.1 Å². The van der Waals surface area contributed by atoms with E-state index in [9.17, 15) is 4.79 Å². The van der Waals surface area contributed by atoms with E-state index < -0.39 is 0 Å². The minimum Gasteiger partial charge on any atom is -0.487 e. The number of rotatable bonds is 6. The Morgan fingerprint density at radius 3 is 2.86 bits per heavy atom. The van der Waals surface area contributed by atoms with Gasteiger partial charge in [0.05, 0.1) is 23.3 Å². The van der Waals surface area contributed by atoms with E-state index in [2.05, 4.69) is 16.9 Å². The third-order valence-corrected chi connectivity index (χ3v) is 5.69. The summed E-state index contributed by atoms with van der Waals surface area (Å²) in [6.07, 6.45) is 2.44. The number of hydrogen-bond donors (Lipinski definition) is 0. The minimum absolute atomic E-state index is 0.124. The number of aromatic nitrogens is 2. The Morgan fingerprint density at radius 1 is 1.36 bits per heavy atom. The van der Waals surface area contributed by atoms with Gasteiger partial charge in [0.25, 0.3) is 0 Å². The van der Waals surface area contributed by atoms with Gasteiger partial charge in [-0.15, -0.1) is 11.3 Å². The van der Waals surface area contributed by atoms with Crippen LogP contribution in [0.25, 0.3) is 11.5 Å². The van der Waals surface area contributed by atoms with Gasteiger partial charge in [-0.3, -0.25) is 4.79 Å². The predicted molar refractivity (Wildman–Crippen MR) is 107 cm³/mol. The van der Waals surface area contributed by atoms with E-state index in [1.165, 1.54) is 0 Å². The maximum Gasteiger partial charge on any atom is 0.228 e. The molecule has 0 radical (unpaired) electrons. The van der Waals surface area contributed by atoms with Crippen LogP contribution < -0.4 is 4.74 Å². The van der Waals surface area contributed by atoms with E-state index in [0.717, 1.165) is 36.4 Å². The zero-order valence-corrected chi connectivity index (χ0v) is 16.9. The molecule has 28 heavy (non-hydrogen) atoms. The molecule has 3 aromatic rings. The second-order valence-corrected chi connectivity index (χ2v) is 7.79. The van der Waals surface area contributed by atoms with Crippen molar-refractivity contribution in [2.45, 2.75) is 45.8 Å². The van der Waals surface area contributed by atoms with Crippen molar-refractivity contribution < 1.29 is 13.9 Å². The molecule has 4 rings (SSSR count). The number of carbonyl (C=O) groups is 1. The Kier molecular flexibility index (Phi) is 5.43. The summed E-state index contributed by atoms with van der Waals surface area (Å²) in [7, 11) is 0. The molecule has 1 saturated heterocycles. The number of thiazole rings is 1. The van der Waals surface area contributed by atoms with Gasteiger partial charge >= 0.3 is 0 Å². The van der Waals surface area contributed by atoms with Crippen LogP contribution in [0.2, 0.25) is 0 Å².